The van der Waals surface area contributed by atoms with Crippen molar-refractivity contribution in [3.63, 3.8) is 0 Å². The van der Waals surface area contributed by atoms with Crippen LogP contribution in [-0.4, -0.2) is 10.4 Å². The summed E-state index contributed by atoms with van der Waals surface area (Å²) in [6, 6.07) is 20.2. The molecule has 0 aliphatic heterocycles. The zero-order chi connectivity index (χ0) is 21.4. The summed E-state index contributed by atoms with van der Waals surface area (Å²) in [6.07, 6.45) is 0. The summed E-state index contributed by atoms with van der Waals surface area (Å²) >= 11 is 6.22. The molecular formula is C26H22ClNO2. The van der Waals surface area contributed by atoms with Crippen molar-refractivity contribution in [2.24, 2.45) is 0 Å². The van der Waals surface area contributed by atoms with Gasteiger partial charge in [0.25, 0.3) is 5.56 Å². The third-order valence-electron chi connectivity index (χ3n) is 5.49. The zero-order valence-corrected chi connectivity index (χ0v) is 18.0. The van der Waals surface area contributed by atoms with E-state index in [9.17, 15) is 9.59 Å². The number of carbonyl (C=O) groups is 1. The number of halogens is 1. The van der Waals surface area contributed by atoms with Crippen molar-refractivity contribution >= 4 is 28.3 Å². The second-order valence-electron chi connectivity index (χ2n) is 7.72. The second-order valence-corrected chi connectivity index (χ2v) is 8.16. The maximum Gasteiger partial charge on any atom is 0.262 e. The minimum absolute atomic E-state index is 0.151. The van der Waals surface area contributed by atoms with Gasteiger partial charge in [-0.3, -0.25) is 9.59 Å². The van der Waals surface area contributed by atoms with Gasteiger partial charge in [-0.1, -0.05) is 59.6 Å². The Balaban J connectivity index is 1.96. The summed E-state index contributed by atoms with van der Waals surface area (Å²) in [4.78, 5) is 26.6. The lowest BCUT2D eigenvalue weighted by atomic mass is 9.98. The Morgan fingerprint density at radius 2 is 1.57 bits per heavy atom. The average Bonchev–Trinajstić information content (AvgIpc) is 2.71. The Bertz CT molecular complexity index is 1310. The molecule has 0 N–H and O–H groups in total. The molecule has 0 amide bonds. The number of benzene rings is 3. The number of carbonyl (C=O) groups excluding carboxylic acids is 1. The standard InChI is InChI=1S/C26H22ClNO2/c1-16-11-17(2)23(18(3)12-16)15-28-24-10-9-21(27)13-20(24)14-22(26(28)30)25(29)19-7-5-4-6-8-19/h4-14H,15H2,1-3H3. The van der Waals surface area contributed by atoms with Gasteiger partial charge in [-0.25, -0.2) is 0 Å². The van der Waals surface area contributed by atoms with E-state index < -0.39 is 0 Å². The maximum absolute atomic E-state index is 13.5. The molecule has 4 rings (SSSR count). The molecule has 1 aromatic heterocycles. The lowest BCUT2D eigenvalue weighted by Crippen LogP contribution is -2.28. The van der Waals surface area contributed by atoms with Crippen LogP contribution in [0.25, 0.3) is 10.9 Å². The first-order valence-electron chi connectivity index (χ1n) is 9.84. The number of fused-ring (bicyclic) bond motifs is 1. The molecule has 0 saturated carbocycles. The fourth-order valence-electron chi connectivity index (χ4n) is 4.04. The molecule has 0 bridgehead atoms. The topological polar surface area (TPSA) is 39.1 Å². The lowest BCUT2D eigenvalue weighted by molar-refractivity contribution is 0.103. The molecule has 0 aliphatic rings. The molecule has 150 valence electrons. The van der Waals surface area contributed by atoms with Crippen LogP contribution in [0.3, 0.4) is 0 Å². The van der Waals surface area contributed by atoms with Gasteiger partial charge < -0.3 is 4.57 Å². The average molecular weight is 416 g/mol. The molecule has 0 fully saturated rings. The van der Waals surface area contributed by atoms with Gasteiger partial charge in [0.1, 0.15) is 0 Å². The number of pyridine rings is 1. The van der Waals surface area contributed by atoms with Gasteiger partial charge in [0.2, 0.25) is 0 Å². The monoisotopic (exact) mass is 415 g/mol. The van der Waals surface area contributed by atoms with Crippen LogP contribution < -0.4 is 5.56 Å². The third-order valence-corrected chi connectivity index (χ3v) is 5.73. The van der Waals surface area contributed by atoms with E-state index >= 15 is 0 Å². The number of aryl methyl sites for hydroxylation is 3. The first kappa shape index (κ1) is 20.1. The van der Waals surface area contributed by atoms with Gasteiger partial charge in [-0.05, 0) is 61.7 Å². The van der Waals surface area contributed by atoms with Crippen LogP contribution in [-0.2, 0) is 6.54 Å². The molecule has 3 aromatic carbocycles. The summed E-state index contributed by atoms with van der Waals surface area (Å²) in [5.74, 6) is -0.284. The number of nitrogens with zero attached hydrogens (tertiary/aromatic N) is 1. The quantitative estimate of drug-likeness (QED) is 0.391. The molecule has 4 heteroatoms. The molecule has 0 radical (unpaired) electrons. The summed E-state index contributed by atoms with van der Waals surface area (Å²) in [5, 5.41) is 1.33. The molecule has 0 saturated heterocycles. The van der Waals surface area contributed by atoms with E-state index in [4.69, 9.17) is 11.6 Å². The Morgan fingerprint density at radius 1 is 0.900 bits per heavy atom. The summed E-state index contributed by atoms with van der Waals surface area (Å²) in [7, 11) is 0. The van der Waals surface area contributed by atoms with Crippen molar-refractivity contribution in [2.75, 3.05) is 0 Å². The molecule has 3 nitrogen and oxygen atoms in total. The van der Waals surface area contributed by atoms with Crippen LogP contribution in [0.15, 0.2) is 71.5 Å². The smallest absolute Gasteiger partial charge is 0.262 e. The molecule has 0 unspecified atom stereocenters. The van der Waals surface area contributed by atoms with Crippen molar-refractivity contribution in [2.45, 2.75) is 27.3 Å². The number of rotatable bonds is 4. The van der Waals surface area contributed by atoms with E-state index in [-0.39, 0.29) is 16.9 Å². The van der Waals surface area contributed by atoms with E-state index in [0.717, 1.165) is 27.6 Å². The highest BCUT2D eigenvalue weighted by atomic mass is 35.5. The Hall–Kier alpha value is -3.17. The van der Waals surface area contributed by atoms with Gasteiger partial charge in [0.05, 0.1) is 17.6 Å². The Morgan fingerprint density at radius 3 is 2.23 bits per heavy atom. The predicted octanol–water partition coefficient (Wildman–Crippen LogP) is 5.86. The van der Waals surface area contributed by atoms with Gasteiger partial charge in [0, 0.05) is 16.0 Å². The zero-order valence-electron chi connectivity index (χ0n) is 17.2. The first-order chi connectivity index (χ1) is 14.3. The van der Waals surface area contributed by atoms with E-state index in [1.54, 1.807) is 47.0 Å². The van der Waals surface area contributed by atoms with Crippen LogP contribution in [0.2, 0.25) is 5.02 Å². The van der Waals surface area contributed by atoms with Crippen molar-refractivity contribution in [3.05, 3.63) is 115 Å². The van der Waals surface area contributed by atoms with Crippen molar-refractivity contribution in [3.8, 4) is 0 Å². The number of hydrogen-bond donors (Lipinski definition) is 0. The van der Waals surface area contributed by atoms with E-state index in [1.807, 2.05) is 12.1 Å². The van der Waals surface area contributed by atoms with Gasteiger partial charge in [-0.15, -0.1) is 0 Å². The fourth-order valence-corrected chi connectivity index (χ4v) is 4.22. The highest BCUT2D eigenvalue weighted by molar-refractivity contribution is 6.31. The molecule has 4 aromatic rings. The summed E-state index contributed by atoms with van der Waals surface area (Å²) < 4.78 is 1.69. The largest absolute Gasteiger partial charge is 0.303 e. The predicted molar refractivity (Wildman–Crippen MR) is 123 cm³/mol. The normalized spacial score (nSPS) is 11.1. The van der Waals surface area contributed by atoms with Gasteiger partial charge in [0.15, 0.2) is 5.78 Å². The van der Waals surface area contributed by atoms with Crippen LogP contribution in [0.4, 0.5) is 0 Å². The summed E-state index contributed by atoms with van der Waals surface area (Å²) in [5.41, 5.74) is 5.63. The SMILES string of the molecule is Cc1cc(C)c(Cn2c(=O)c(C(=O)c3ccccc3)cc3cc(Cl)ccc32)c(C)c1. The molecule has 1 heterocycles. The lowest BCUT2D eigenvalue weighted by Gasteiger charge is -2.17. The molecule has 30 heavy (non-hydrogen) atoms. The Kier molecular flexibility index (Phi) is 5.31. The van der Waals surface area contributed by atoms with E-state index in [1.165, 1.54) is 5.56 Å². The number of hydrogen-bond acceptors (Lipinski definition) is 2. The molecule has 0 spiro atoms. The van der Waals surface area contributed by atoms with Gasteiger partial charge in [-0.2, -0.15) is 0 Å². The first-order valence-corrected chi connectivity index (χ1v) is 10.2. The van der Waals surface area contributed by atoms with Crippen LogP contribution >= 0.6 is 11.6 Å². The highest BCUT2D eigenvalue weighted by Gasteiger charge is 2.18. The highest BCUT2D eigenvalue weighted by Crippen LogP contribution is 2.23. The van der Waals surface area contributed by atoms with Crippen LogP contribution in [0, 0.1) is 20.8 Å². The van der Waals surface area contributed by atoms with Crippen molar-refractivity contribution < 1.29 is 4.79 Å². The van der Waals surface area contributed by atoms with Crippen LogP contribution in [0.1, 0.15) is 38.2 Å². The minimum Gasteiger partial charge on any atom is -0.303 e. The minimum atomic E-state index is -0.293. The van der Waals surface area contributed by atoms with Crippen LogP contribution in [0.5, 0.6) is 0 Å². The molecule has 0 atom stereocenters. The van der Waals surface area contributed by atoms with E-state index in [2.05, 4.69) is 32.9 Å². The third kappa shape index (κ3) is 3.69. The second kappa shape index (κ2) is 7.92. The van der Waals surface area contributed by atoms with Crippen molar-refractivity contribution in [1.29, 1.82) is 0 Å². The Labute approximate surface area is 180 Å². The number of ketones is 1. The van der Waals surface area contributed by atoms with E-state index in [0.29, 0.717) is 17.1 Å². The van der Waals surface area contributed by atoms with Crippen molar-refractivity contribution in [1.82, 2.24) is 4.57 Å². The van der Waals surface area contributed by atoms with Gasteiger partial charge >= 0.3 is 0 Å². The summed E-state index contributed by atoms with van der Waals surface area (Å²) in [6.45, 7) is 6.56. The number of aromatic nitrogens is 1. The molecule has 0 aliphatic carbocycles. The maximum atomic E-state index is 13.5. The molecular weight excluding hydrogens is 394 g/mol. The fraction of sp³-hybridized carbons (Fsp3) is 0.154.